The molecule has 3 heteroatoms. The molecule has 0 radical (unpaired) electrons. The maximum atomic E-state index is 8.72. The molecule has 92 valence electrons. The molecule has 19 heavy (non-hydrogen) atoms. The van der Waals surface area contributed by atoms with Crippen molar-refractivity contribution < 1.29 is 4.74 Å². The Kier molecular flexibility index (Phi) is 4.45. The molecule has 0 saturated carbocycles. The van der Waals surface area contributed by atoms with Crippen LogP contribution >= 0.6 is 11.6 Å². The van der Waals surface area contributed by atoms with Gasteiger partial charge in [0.15, 0.2) is 0 Å². The van der Waals surface area contributed by atoms with E-state index < -0.39 is 0 Å². The zero-order valence-electron chi connectivity index (χ0n) is 10.1. The molecular formula is C16H10ClNO. The number of hydrogen-bond donors (Lipinski definition) is 0. The summed E-state index contributed by atoms with van der Waals surface area (Å²) in [5.74, 6) is 6.43. The Morgan fingerprint density at radius 2 is 1.84 bits per heavy atom. The van der Waals surface area contributed by atoms with Crippen LogP contribution in [-0.4, -0.2) is 6.61 Å². The topological polar surface area (TPSA) is 33.0 Å². The maximum absolute atomic E-state index is 8.72. The van der Waals surface area contributed by atoms with Gasteiger partial charge in [-0.05, 0) is 30.3 Å². The van der Waals surface area contributed by atoms with Crippen LogP contribution in [0, 0.1) is 23.2 Å². The zero-order valence-corrected chi connectivity index (χ0v) is 10.8. The van der Waals surface area contributed by atoms with E-state index in [2.05, 4.69) is 11.8 Å². The summed E-state index contributed by atoms with van der Waals surface area (Å²) in [6.07, 6.45) is 0. The summed E-state index contributed by atoms with van der Waals surface area (Å²) in [7, 11) is 0. The second-order valence-corrected chi connectivity index (χ2v) is 4.12. The van der Waals surface area contributed by atoms with Crippen LogP contribution in [0.15, 0.2) is 48.5 Å². The van der Waals surface area contributed by atoms with E-state index >= 15 is 0 Å². The summed E-state index contributed by atoms with van der Waals surface area (Å²) in [6, 6.07) is 16.6. The lowest BCUT2D eigenvalue weighted by molar-refractivity contribution is 0.370. The normalized spacial score (nSPS) is 9.05. The quantitative estimate of drug-likeness (QED) is 0.778. The molecule has 0 aromatic heterocycles. The highest BCUT2D eigenvalue weighted by molar-refractivity contribution is 6.32. The molecular weight excluding hydrogens is 258 g/mol. The number of halogens is 1. The Labute approximate surface area is 117 Å². The summed E-state index contributed by atoms with van der Waals surface area (Å²) < 4.78 is 5.44. The van der Waals surface area contributed by atoms with Crippen LogP contribution in [0.1, 0.15) is 11.1 Å². The third kappa shape index (κ3) is 3.78. The molecule has 0 aliphatic rings. The predicted molar refractivity (Wildman–Crippen MR) is 75.0 cm³/mol. The molecule has 0 N–H and O–H groups in total. The van der Waals surface area contributed by atoms with E-state index in [4.69, 9.17) is 21.6 Å². The molecule has 0 bridgehead atoms. The first kappa shape index (κ1) is 13.0. The van der Waals surface area contributed by atoms with Gasteiger partial charge >= 0.3 is 0 Å². The molecule has 0 fully saturated rings. The van der Waals surface area contributed by atoms with Crippen molar-refractivity contribution in [2.45, 2.75) is 0 Å². The van der Waals surface area contributed by atoms with E-state index in [9.17, 15) is 0 Å². The van der Waals surface area contributed by atoms with Gasteiger partial charge < -0.3 is 4.74 Å². The molecule has 2 nitrogen and oxygen atoms in total. The van der Waals surface area contributed by atoms with Crippen molar-refractivity contribution in [3.8, 4) is 23.7 Å². The van der Waals surface area contributed by atoms with Crippen LogP contribution < -0.4 is 4.74 Å². The number of nitrogens with zero attached hydrogens (tertiary/aromatic N) is 1. The van der Waals surface area contributed by atoms with Gasteiger partial charge in [0.05, 0.1) is 16.7 Å². The van der Waals surface area contributed by atoms with Gasteiger partial charge in [-0.3, -0.25) is 0 Å². The van der Waals surface area contributed by atoms with Gasteiger partial charge in [0.1, 0.15) is 12.4 Å². The Morgan fingerprint density at radius 3 is 2.53 bits per heavy atom. The number of benzene rings is 2. The van der Waals surface area contributed by atoms with Gasteiger partial charge in [-0.25, -0.2) is 0 Å². The van der Waals surface area contributed by atoms with Crippen molar-refractivity contribution in [3.63, 3.8) is 0 Å². The number of nitriles is 1. The molecule has 0 saturated heterocycles. The van der Waals surface area contributed by atoms with Gasteiger partial charge in [0.25, 0.3) is 0 Å². The fraction of sp³-hybridized carbons (Fsp3) is 0.0625. The monoisotopic (exact) mass is 267 g/mol. The smallest absolute Gasteiger partial charge is 0.149 e. The minimum atomic E-state index is 0.251. The third-order valence-electron chi connectivity index (χ3n) is 2.37. The van der Waals surface area contributed by atoms with Crippen molar-refractivity contribution in [1.29, 1.82) is 5.26 Å². The minimum absolute atomic E-state index is 0.251. The zero-order chi connectivity index (χ0) is 13.5. The van der Waals surface area contributed by atoms with Crippen molar-refractivity contribution in [1.82, 2.24) is 0 Å². The van der Waals surface area contributed by atoms with E-state index in [1.165, 1.54) is 0 Å². The Bertz CT molecular complexity index is 663. The molecule has 0 amide bonds. The van der Waals surface area contributed by atoms with Gasteiger partial charge in [0, 0.05) is 5.56 Å². The van der Waals surface area contributed by atoms with Crippen molar-refractivity contribution in [2.75, 3.05) is 6.61 Å². The van der Waals surface area contributed by atoms with Gasteiger partial charge in [-0.1, -0.05) is 41.6 Å². The first-order valence-corrected chi connectivity index (χ1v) is 6.04. The Hall–Kier alpha value is -2.42. The lowest BCUT2D eigenvalue weighted by Crippen LogP contribution is -1.95. The molecule has 0 spiro atoms. The fourth-order valence-corrected chi connectivity index (χ4v) is 1.70. The minimum Gasteiger partial charge on any atom is -0.479 e. The van der Waals surface area contributed by atoms with Crippen LogP contribution in [0.3, 0.4) is 0 Å². The van der Waals surface area contributed by atoms with E-state index in [-0.39, 0.29) is 6.61 Å². The van der Waals surface area contributed by atoms with E-state index in [0.717, 1.165) is 5.56 Å². The SMILES string of the molecule is N#Cc1ccc(OCC#Cc2ccccc2)c(Cl)c1. The molecule has 2 rings (SSSR count). The highest BCUT2D eigenvalue weighted by Gasteiger charge is 2.01. The first-order chi connectivity index (χ1) is 9.29. The second-order valence-electron chi connectivity index (χ2n) is 3.71. The van der Waals surface area contributed by atoms with E-state index in [0.29, 0.717) is 16.3 Å². The average Bonchev–Trinajstić information content (AvgIpc) is 2.46. The molecule has 0 aliphatic carbocycles. The van der Waals surface area contributed by atoms with E-state index in [1.807, 2.05) is 36.4 Å². The standard InChI is InChI=1S/C16H10ClNO/c17-15-11-14(12-18)8-9-16(15)19-10-4-7-13-5-2-1-3-6-13/h1-3,5-6,8-9,11H,10H2. The van der Waals surface area contributed by atoms with Gasteiger partial charge in [0.2, 0.25) is 0 Å². The highest BCUT2D eigenvalue weighted by Crippen LogP contribution is 2.24. The predicted octanol–water partition coefficient (Wildman–Crippen LogP) is 3.64. The molecule has 0 heterocycles. The summed E-state index contributed by atoms with van der Waals surface area (Å²) in [4.78, 5) is 0. The van der Waals surface area contributed by atoms with E-state index in [1.54, 1.807) is 18.2 Å². The Balaban J connectivity index is 1.97. The fourth-order valence-electron chi connectivity index (χ4n) is 1.46. The van der Waals surface area contributed by atoms with Crippen molar-refractivity contribution in [2.24, 2.45) is 0 Å². The largest absolute Gasteiger partial charge is 0.479 e. The lowest BCUT2D eigenvalue weighted by atomic mass is 10.2. The number of rotatable bonds is 2. The first-order valence-electron chi connectivity index (χ1n) is 5.66. The van der Waals surface area contributed by atoms with Gasteiger partial charge in [-0.15, -0.1) is 0 Å². The van der Waals surface area contributed by atoms with Crippen LogP contribution in [0.25, 0.3) is 0 Å². The molecule has 0 atom stereocenters. The van der Waals surface area contributed by atoms with Crippen molar-refractivity contribution in [3.05, 3.63) is 64.7 Å². The molecule has 2 aromatic carbocycles. The van der Waals surface area contributed by atoms with Gasteiger partial charge in [-0.2, -0.15) is 5.26 Å². The van der Waals surface area contributed by atoms with Crippen LogP contribution in [0.5, 0.6) is 5.75 Å². The molecule has 2 aromatic rings. The highest BCUT2D eigenvalue weighted by atomic mass is 35.5. The van der Waals surface area contributed by atoms with Crippen LogP contribution in [0.2, 0.25) is 5.02 Å². The lowest BCUT2D eigenvalue weighted by Gasteiger charge is -2.04. The number of ether oxygens (including phenoxy) is 1. The summed E-state index contributed by atoms with van der Waals surface area (Å²) in [5, 5.41) is 9.14. The summed E-state index contributed by atoms with van der Waals surface area (Å²) in [5.41, 5.74) is 1.45. The second kappa shape index (κ2) is 6.50. The Morgan fingerprint density at radius 1 is 1.05 bits per heavy atom. The maximum Gasteiger partial charge on any atom is 0.149 e. The van der Waals surface area contributed by atoms with Crippen LogP contribution in [0.4, 0.5) is 0 Å². The van der Waals surface area contributed by atoms with Crippen molar-refractivity contribution >= 4 is 11.6 Å². The number of hydrogen-bond acceptors (Lipinski definition) is 2. The third-order valence-corrected chi connectivity index (χ3v) is 2.66. The molecule has 0 aliphatic heterocycles. The molecule has 0 unspecified atom stereocenters. The average molecular weight is 268 g/mol. The summed E-state index contributed by atoms with van der Waals surface area (Å²) >= 11 is 5.98. The van der Waals surface area contributed by atoms with Crippen LogP contribution in [-0.2, 0) is 0 Å². The summed E-state index contributed by atoms with van der Waals surface area (Å²) in [6.45, 7) is 0.251.